The molecule has 1 atom stereocenters. The summed E-state index contributed by atoms with van der Waals surface area (Å²) in [5.41, 5.74) is 2.89. The summed E-state index contributed by atoms with van der Waals surface area (Å²) >= 11 is 0. The summed E-state index contributed by atoms with van der Waals surface area (Å²) in [6.07, 6.45) is 0. The number of carbonyl (C=O) groups is 1. The second-order valence-corrected chi connectivity index (χ2v) is 11.1. The Kier molecular flexibility index (Phi) is 6.88. The first-order valence-corrected chi connectivity index (χ1v) is 12.2. The average molecular weight is 444 g/mol. The number of aryl methyl sites for hydroxylation is 1. The average Bonchev–Trinajstić information content (AvgIpc) is 2.74. The fourth-order valence-electron chi connectivity index (χ4n) is 3.72. The highest BCUT2D eigenvalue weighted by Gasteiger charge is 2.32. The summed E-state index contributed by atoms with van der Waals surface area (Å²) in [7, 11) is -3.54. The van der Waals surface area contributed by atoms with E-state index >= 15 is 0 Å². The van der Waals surface area contributed by atoms with Gasteiger partial charge in [0, 0.05) is 31.9 Å². The van der Waals surface area contributed by atoms with Crippen molar-refractivity contribution in [3.05, 3.63) is 59.7 Å². The SMILES string of the molecule is Cc1ccccc1NC(=O)[C@@H](C)N1CCN(S(=O)(=O)c2ccc(C(C)(C)C)cc2)CC1. The highest BCUT2D eigenvalue weighted by atomic mass is 32.2. The maximum Gasteiger partial charge on any atom is 0.243 e. The predicted octanol–water partition coefficient (Wildman–Crippen LogP) is 3.63. The van der Waals surface area contributed by atoms with Crippen LogP contribution in [0.2, 0.25) is 0 Å². The number of hydrogen-bond donors (Lipinski definition) is 1. The molecule has 1 heterocycles. The summed E-state index contributed by atoms with van der Waals surface area (Å²) in [4.78, 5) is 15.0. The largest absolute Gasteiger partial charge is 0.324 e. The first-order valence-electron chi connectivity index (χ1n) is 10.7. The Morgan fingerprint density at radius 2 is 1.55 bits per heavy atom. The number of anilines is 1. The highest BCUT2D eigenvalue weighted by molar-refractivity contribution is 7.89. The van der Waals surface area contributed by atoms with E-state index in [-0.39, 0.29) is 17.4 Å². The first kappa shape index (κ1) is 23.4. The third-order valence-corrected chi connectivity index (χ3v) is 7.87. The van der Waals surface area contributed by atoms with Crippen LogP contribution in [0.1, 0.15) is 38.8 Å². The summed E-state index contributed by atoms with van der Waals surface area (Å²) in [6.45, 7) is 11.9. The van der Waals surface area contributed by atoms with Crippen LogP contribution in [-0.4, -0.2) is 55.8 Å². The Hall–Kier alpha value is -2.22. The fraction of sp³-hybridized carbons (Fsp3) is 0.458. The number of para-hydroxylation sites is 1. The molecule has 0 radical (unpaired) electrons. The number of carbonyl (C=O) groups excluding carboxylic acids is 1. The topological polar surface area (TPSA) is 69.7 Å². The Bertz CT molecular complexity index is 1020. The van der Waals surface area contributed by atoms with Crippen molar-refractivity contribution in [1.82, 2.24) is 9.21 Å². The van der Waals surface area contributed by atoms with Gasteiger partial charge in [-0.15, -0.1) is 0 Å². The number of rotatable bonds is 5. The molecule has 31 heavy (non-hydrogen) atoms. The molecule has 1 saturated heterocycles. The van der Waals surface area contributed by atoms with Crippen LogP contribution in [0.25, 0.3) is 0 Å². The molecule has 1 amide bonds. The van der Waals surface area contributed by atoms with E-state index < -0.39 is 10.0 Å². The summed E-state index contributed by atoms with van der Waals surface area (Å²) in [5, 5.41) is 2.98. The number of piperazine rings is 1. The molecule has 2 aromatic carbocycles. The van der Waals surface area contributed by atoms with Crippen LogP contribution in [0.3, 0.4) is 0 Å². The molecule has 6 nitrogen and oxygen atoms in total. The van der Waals surface area contributed by atoms with Crippen LogP contribution in [-0.2, 0) is 20.2 Å². The lowest BCUT2D eigenvalue weighted by Crippen LogP contribution is -2.53. The van der Waals surface area contributed by atoms with Crippen molar-refractivity contribution in [3.63, 3.8) is 0 Å². The lowest BCUT2D eigenvalue weighted by Gasteiger charge is -2.36. The molecule has 0 aromatic heterocycles. The fourth-order valence-corrected chi connectivity index (χ4v) is 5.15. The summed E-state index contributed by atoms with van der Waals surface area (Å²) in [6, 6.07) is 14.5. The van der Waals surface area contributed by atoms with E-state index in [2.05, 4.69) is 26.1 Å². The number of hydrogen-bond acceptors (Lipinski definition) is 4. The first-order chi connectivity index (χ1) is 14.5. The third-order valence-electron chi connectivity index (χ3n) is 5.96. The molecule has 1 aliphatic heterocycles. The van der Waals surface area contributed by atoms with Crippen molar-refractivity contribution >= 4 is 21.6 Å². The van der Waals surface area contributed by atoms with E-state index in [1.807, 2.05) is 55.1 Å². The van der Waals surface area contributed by atoms with Crippen LogP contribution >= 0.6 is 0 Å². The van der Waals surface area contributed by atoms with Crippen molar-refractivity contribution in [2.45, 2.75) is 51.0 Å². The lowest BCUT2D eigenvalue weighted by atomic mass is 9.87. The predicted molar refractivity (Wildman–Crippen MR) is 125 cm³/mol. The van der Waals surface area contributed by atoms with Crippen molar-refractivity contribution in [3.8, 4) is 0 Å². The van der Waals surface area contributed by atoms with Crippen LogP contribution in [0.5, 0.6) is 0 Å². The second-order valence-electron chi connectivity index (χ2n) is 9.19. The minimum absolute atomic E-state index is 0.0249. The molecule has 7 heteroatoms. The van der Waals surface area contributed by atoms with Crippen molar-refractivity contribution in [2.75, 3.05) is 31.5 Å². The van der Waals surface area contributed by atoms with Gasteiger partial charge in [0.25, 0.3) is 0 Å². The van der Waals surface area contributed by atoms with Crippen molar-refractivity contribution in [1.29, 1.82) is 0 Å². The van der Waals surface area contributed by atoms with Gasteiger partial charge in [-0.3, -0.25) is 9.69 Å². The maximum absolute atomic E-state index is 13.1. The lowest BCUT2D eigenvalue weighted by molar-refractivity contribution is -0.121. The van der Waals surface area contributed by atoms with Crippen molar-refractivity contribution < 1.29 is 13.2 Å². The monoisotopic (exact) mass is 443 g/mol. The van der Waals surface area contributed by atoms with Crippen molar-refractivity contribution in [2.24, 2.45) is 0 Å². The Balaban J connectivity index is 1.61. The molecule has 0 saturated carbocycles. The van der Waals surface area contributed by atoms with Crippen LogP contribution in [0.15, 0.2) is 53.4 Å². The molecule has 0 aliphatic carbocycles. The molecule has 0 spiro atoms. The zero-order chi connectivity index (χ0) is 22.8. The minimum atomic E-state index is -3.54. The standard InChI is InChI=1S/C24H33N3O3S/c1-18-8-6-7-9-22(18)25-23(28)19(2)26-14-16-27(17-15-26)31(29,30)21-12-10-20(11-13-21)24(3,4)5/h6-13,19H,14-17H2,1-5H3,(H,25,28)/t19-/m1/s1. The minimum Gasteiger partial charge on any atom is -0.324 e. The van der Waals surface area contributed by atoms with Crippen LogP contribution in [0, 0.1) is 6.92 Å². The van der Waals surface area contributed by atoms with E-state index in [1.165, 1.54) is 4.31 Å². The Morgan fingerprint density at radius 3 is 2.10 bits per heavy atom. The number of nitrogens with zero attached hydrogens (tertiary/aromatic N) is 2. The number of benzene rings is 2. The van der Waals surface area contributed by atoms with E-state index in [4.69, 9.17) is 0 Å². The van der Waals surface area contributed by atoms with Gasteiger partial charge < -0.3 is 5.32 Å². The Labute approximate surface area is 186 Å². The normalized spacial score (nSPS) is 17.3. The molecule has 3 rings (SSSR count). The smallest absolute Gasteiger partial charge is 0.243 e. The Morgan fingerprint density at radius 1 is 0.968 bits per heavy atom. The maximum atomic E-state index is 13.1. The summed E-state index contributed by atoms with van der Waals surface area (Å²) in [5.74, 6) is -0.0802. The van der Waals surface area contributed by atoms with Gasteiger partial charge in [-0.2, -0.15) is 4.31 Å². The van der Waals surface area contributed by atoms with Gasteiger partial charge in [0.2, 0.25) is 15.9 Å². The van der Waals surface area contributed by atoms with Crippen LogP contribution in [0.4, 0.5) is 5.69 Å². The van der Waals surface area contributed by atoms with Gasteiger partial charge in [-0.25, -0.2) is 8.42 Å². The molecular weight excluding hydrogens is 410 g/mol. The van der Waals surface area contributed by atoms with Gasteiger partial charge in [0.15, 0.2) is 0 Å². The van der Waals surface area contributed by atoms with E-state index in [0.29, 0.717) is 31.1 Å². The highest BCUT2D eigenvalue weighted by Crippen LogP contribution is 2.25. The van der Waals surface area contributed by atoms with E-state index in [1.54, 1.807) is 12.1 Å². The second kappa shape index (κ2) is 9.10. The van der Waals surface area contributed by atoms with Gasteiger partial charge in [-0.1, -0.05) is 51.1 Å². The quantitative estimate of drug-likeness (QED) is 0.766. The molecule has 1 fully saturated rings. The zero-order valence-electron chi connectivity index (χ0n) is 19.1. The van der Waals surface area contributed by atoms with Gasteiger partial charge in [0.1, 0.15) is 0 Å². The molecule has 0 bridgehead atoms. The van der Waals surface area contributed by atoms with Crippen LogP contribution < -0.4 is 5.32 Å². The molecule has 1 N–H and O–H groups in total. The molecule has 0 unspecified atom stereocenters. The zero-order valence-corrected chi connectivity index (χ0v) is 19.9. The number of amides is 1. The molecular formula is C24H33N3O3S. The third kappa shape index (κ3) is 5.34. The molecule has 1 aliphatic rings. The van der Waals surface area contributed by atoms with E-state index in [9.17, 15) is 13.2 Å². The van der Waals surface area contributed by atoms with E-state index in [0.717, 1.165) is 16.8 Å². The van der Waals surface area contributed by atoms with Gasteiger partial charge in [0.05, 0.1) is 10.9 Å². The summed E-state index contributed by atoms with van der Waals surface area (Å²) < 4.78 is 27.6. The van der Waals surface area contributed by atoms with Gasteiger partial charge in [-0.05, 0) is 48.6 Å². The molecule has 168 valence electrons. The van der Waals surface area contributed by atoms with Gasteiger partial charge >= 0.3 is 0 Å². The molecule has 2 aromatic rings. The number of nitrogens with one attached hydrogen (secondary N) is 1. The number of sulfonamides is 1.